The predicted molar refractivity (Wildman–Crippen MR) is 115 cm³/mol. The van der Waals surface area contributed by atoms with Gasteiger partial charge in [-0.15, -0.1) is 0 Å². The molecule has 8 nitrogen and oxygen atoms in total. The Morgan fingerprint density at radius 3 is 1.80 bits per heavy atom. The third-order valence-electron chi connectivity index (χ3n) is 3.42. The minimum Gasteiger partial charge on any atom is -0.494 e. The molecule has 2 aromatic rings. The Bertz CT molecular complexity index is 967. The Hall–Kier alpha value is -4.35. The molecule has 0 amide bonds. The van der Waals surface area contributed by atoms with Gasteiger partial charge in [-0.1, -0.05) is 12.1 Å². The van der Waals surface area contributed by atoms with Gasteiger partial charge in [-0.3, -0.25) is 0 Å². The van der Waals surface area contributed by atoms with E-state index in [1.807, 2.05) is 0 Å². The summed E-state index contributed by atoms with van der Waals surface area (Å²) in [6, 6.07) is 12.1. The van der Waals surface area contributed by atoms with Gasteiger partial charge in [0.15, 0.2) is 29.1 Å². The summed E-state index contributed by atoms with van der Waals surface area (Å²) >= 11 is 0. The first kappa shape index (κ1) is 25.6. The molecule has 2 N–H and O–H groups in total. The molecule has 0 fully saturated rings. The van der Waals surface area contributed by atoms with Crippen LogP contribution in [0.3, 0.4) is 0 Å². The molecule has 0 radical (unpaired) electrons. The molecule has 8 heteroatoms. The molecule has 0 saturated carbocycles. The van der Waals surface area contributed by atoms with Crippen LogP contribution in [0, 0.1) is 24.5 Å². The van der Waals surface area contributed by atoms with Gasteiger partial charge in [0.2, 0.25) is 0 Å². The maximum absolute atomic E-state index is 7.32. The van der Waals surface area contributed by atoms with Gasteiger partial charge < -0.3 is 24.7 Å². The van der Waals surface area contributed by atoms with E-state index in [0.29, 0.717) is 34.4 Å². The molecule has 0 aliphatic heterocycles. The lowest BCUT2D eigenvalue weighted by Crippen LogP contribution is -1.97. The summed E-state index contributed by atoms with van der Waals surface area (Å²) in [4.78, 5) is 6.37. The van der Waals surface area contributed by atoms with Crippen LogP contribution in [0.25, 0.3) is 15.4 Å². The number of methoxy groups -OCH3 is 4. The van der Waals surface area contributed by atoms with Crippen molar-refractivity contribution in [3.63, 3.8) is 0 Å². The highest BCUT2D eigenvalue weighted by atomic mass is 16.5. The van der Waals surface area contributed by atoms with E-state index in [0.717, 1.165) is 5.56 Å². The van der Waals surface area contributed by atoms with E-state index in [1.54, 1.807) is 70.9 Å². The summed E-state index contributed by atoms with van der Waals surface area (Å²) in [6.07, 6.45) is 1.27. The third-order valence-corrected chi connectivity index (χ3v) is 3.42. The van der Waals surface area contributed by atoms with E-state index in [9.17, 15) is 0 Å². The van der Waals surface area contributed by atoms with Crippen LogP contribution in [0.5, 0.6) is 23.0 Å². The van der Waals surface area contributed by atoms with Crippen molar-refractivity contribution in [2.75, 3.05) is 28.4 Å². The second kappa shape index (κ2) is 14.7. The first-order valence-corrected chi connectivity index (χ1v) is 8.41. The first-order chi connectivity index (χ1) is 14.4. The predicted octanol–water partition coefficient (Wildman–Crippen LogP) is 4.66. The fraction of sp³-hybridized carbons (Fsp3) is 0.227. The van der Waals surface area contributed by atoms with Crippen LogP contribution >= 0.6 is 0 Å². The number of hydrogen-bond donors (Lipinski definition) is 1. The van der Waals surface area contributed by atoms with Crippen molar-refractivity contribution in [3.05, 3.63) is 71.0 Å². The Morgan fingerprint density at radius 1 is 0.900 bits per heavy atom. The third kappa shape index (κ3) is 8.12. The molecule has 0 aliphatic carbocycles. The smallest absolute Gasteiger partial charge is 0.191 e. The van der Waals surface area contributed by atoms with Crippen LogP contribution in [0.15, 0.2) is 42.6 Å². The van der Waals surface area contributed by atoms with E-state index < -0.39 is 0 Å². The van der Waals surface area contributed by atoms with E-state index in [1.165, 1.54) is 13.1 Å². The van der Waals surface area contributed by atoms with Gasteiger partial charge in [0, 0.05) is 12.6 Å². The van der Waals surface area contributed by atoms with E-state index >= 15 is 0 Å². The molecule has 0 aromatic heterocycles. The lowest BCUT2D eigenvalue weighted by molar-refractivity contribution is 0.355. The monoisotopic (exact) mass is 408 g/mol. The molecule has 30 heavy (non-hydrogen) atoms. The van der Waals surface area contributed by atoms with Crippen LogP contribution in [0.2, 0.25) is 0 Å². The van der Waals surface area contributed by atoms with Gasteiger partial charge in [-0.2, -0.15) is 5.26 Å². The Balaban J connectivity index is 0.000000505. The van der Waals surface area contributed by atoms with Gasteiger partial charge >= 0.3 is 0 Å². The molecular weight excluding hydrogens is 384 g/mol. The lowest BCUT2D eigenvalue weighted by Gasteiger charge is -2.09. The van der Waals surface area contributed by atoms with Crippen LogP contribution in [-0.4, -0.2) is 28.4 Å². The summed E-state index contributed by atoms with van der Waals surface area (Å²) in [7, 11) is 6.23. The lowest BCUT2D eigenvalue weighted by atomic mass is 10.1. The molecule has 2 aromatic carbocycles. The number of ether oxygens (including phenoxy) is 4. The number of rotatable bonds is 5. The van der Waals surface area contributed by atoms with Crippen LogP contribution in [0.1, 0.15) is 12.5 Å². The topological polar surface area (TPSA) is 95.5 Å². The zero-order chi connectivity index (χ0) is 22.9. The van der Waals surface area contributed by atoms with Crippen molar-refractivity contribution in [2.24, 2.45) is 5.73 Å². The maximum atomic E-state index is 7.32. The molecule has 0 aliphatic rings. The Kier molecular flexibility index (Phi) is 12.5. The van der Waals surface area contributed by atoms with E-state index in [2.05, 4.69) is 9.69 Å². The zero-order valence-corrected chi connectivity index (χ0v) is 17.6. The SMILES string of the molecule is CC#N.[C-]#[N+]/C=C(\N)c1ccc(OC)c(OC)c1.[C-]#[N+]c1ccc(OC)c(OC)c1. The second-order valence-electron chi connectivity index (χ2n) is 5.16. The van der Waals surface area contributed by atoms with Crippen LogP contribution < -0.4 is 24.7 Å². The highest BCUT2D eigenvalue weighted by Gasteiger charge is 2.05. The second-order valence-corrected chi connectivity index (χ2v) is 5.16. The molecule has 0 unspecified atom stereocenters. The summed E-state index contributed by atoms with van der Waals surface area (Å²) in [5, 5.41) is 7.32. The summed E-state index contributed by atoms with van der Waals surface area (Å²) in [5.41, 5.74) is 7.37. The number of nitriles is 1. The number of nitrogens with zero attached hydrogens (tertiary/aromatic N) is 3. The molecule has 0 bridgehead atoms. The highest BCUT2D eigenvalue weighted by molar-refractivity contribution is 5.66. The summed E-state index contributed by atoms with van der Waals surface area (Å²) in [6.45, 7) is 14.9. The molecule has 0 heterocycles. The molecule has 0 saturated heterocycles. The number of hydrogen-bond acceptors (Lipinski definition) is 6. The summed E-state index contributed by atoms with van der Waals surface area (Å²) < 4.78 is 20.2. The minimum absolute atomic E-state index is 0.408. The molecular formula is C22H24N4O4. The van der Waals surface area contributed by atoms with E-state index in [4.69, 9.17) is 43.1 Å². The normalized spacial score (nSPS) is 9.07. The van der Waals surface area contributed by atoms with Crippen molar-refractivity contribution in [1.29, 1.82) is 5.26 Å². The highest BCUT2D eigenvalue weighted by Crippen LogP contribution is 2.31. The first-order valence-electron chi connectivity index (χ1n) is 8.41. The van der Waals surface area contributed by atoms with Gasteiger partial charge in [-0.05, 0) is 29.8 Å². The van der Waals surface area contributed by atoms with Gasteiger partial charge in [0.25, 0.3) is 0 Å². The molecule has 2 rings (SSSR count). The van der Waals surface area contributed by atoms with Crippen molar-refractivity contribution in [2.45, 2.75) is 6.92 Å². The largest absolute Gasteiger partial charge is 0.494 e. The van der Waals surface area contributed by atoms with Crippen molar-refractivity contribution in [3.8, 4) is 29.1 Å². The molecule has 0 atom stereocenters. The maximum Gasteiger partial charge on any atom is 0.191 e. The van der Waals surface area contributed by atoms with Crippen LogP contribution in [0.4, 0.5) is 5.69 Å². The summed E-state index contributed by atoms with van der Waals surface area (Å²) in [5.74, 6) is 2.46. The van der Waals surface area contributed by atoms with Crippen molar-refractivity contribution >= 4 is 11.4 Å². The zero-order valence-electron chi connectivity index (χ0n) is 17.6. The van der Waals surface area contributed by atoms with Crippen molar-refractivity contribution in [1.82, 2.24) is 0 Å². The van der Waals surface area contributed by atoms with Gasteiger partial charge in [0.05, 0.1) is 47.7 Å². The fourth-order valence-corrected chi connectivity index (χ4v) is 2.05. The van der Waals surface area contributed by atoms with Crippen LogP contribution in [-0.2, 0) is 0 Å². The number of nitrogens with two attached hydrogens (primary N) is 1. The molecule has 0 spiro atoms. The standard InChI is InChI=1S/C11H12N2O2.C9H9NO2.C2H3N/c1-13-7-9(12)8-4-5-10(14-2)11(6-8)15-3;1-10-7-4-5-8(11-2)9(6-7)12-3;1-2-3/h4-7H,12H2,2-3H3;4-6H,2-3H3;1H3/b9-7-;;. The minimum atomic E-state index is 0.408. The van der Waals surface area contributed by atoms with Gasteiger partial charge in [0.1, 0.15) is 5.75 Å². The Morgan fingerprint density at radius 2 is 1.37 bits per heavy atom. The average molecular weight is 408 g/mol. The fourth-order valence-electron chi connectivity index (χ4n) is 2.05. The van der Waals surface area contributed by atoms with Crippen molar-refractivity contribution < 1.29 is 18.9 Å². The van der Waals surface area contributed by atoms with E-state index in [-0.39, 0.29) is 0 Å². The number of benzene rings is 2. The average Bonchev–Trinajstić information content (AvgIpc) is 2.79. The quantitative estimate of drug-likeness (QED) is 0.723. The van der Waals surface area contributed by atoms with Gasteiger partial charge in [-0.25, -0.2) is 9.69 Å². The molecule has 156 valence electrons. The Labute approximate surface area is 177 Å².